The van der Waals surface area contributed by atoms with Crippen LogP contribution in [0, 0.1) is 0 Å². The predicted molar refractivity (Wildman–Crippen MR) is 87.6 cm³/mol. The Kier molecular flexibility index (Phi) is 4.07. The molecule has 0 spiro atoms. The van der Waals surface area contributed by atoms with Crippen LogP contribution in [0.15, 0.2) is 36.0 Å². The Hall–Kier alpha value is -2.37. The van der Waals surface area contributed by atoms with Crippen molar-refractivity contribution in [2.24, 2.45) is 5.16 Å². The van der Waals surface area contributed by atoms with Crippen LogP contribution in [0.1, 0.15) is 45.2 Å². The molecule has 0 radical (unpaired) electrons. The second-order valence-electron chi connectivity index (χ2n) is 6.59. The van der Waals surface area contributed by atoms with Crippen molar-refractivity contribution in [3.05, 3.63) is 42.0 Å². The molecule has 0 unspecified atom stereocenters. The maximum absolute atomic E-state index is 6.11. The van der Waals surface area contributed by atoms with Crippen molar-refractivity contribution in [3.8, 4) is 5.75 Å². The Labute approximate surface area is 136 Å². The minimum absolute atomic E-state index is 0.0127. The van der Waals surface area contributed by atoms with Crippen LogP contribution in [0.5, 0.6) is 5.75 Å². The molecule has 23 heavy (non-hydrogen) atoms. The van der Waals surface area contributed by atoms with E-state index in [0.29, 0.717) is 5.84 Å². The van der Waals surface area contributed by atoms with E-state index >= 15 is 0 Å². The summed E-state index contributed by atoms with van der Waals surface area (Å²) in [6.07, 6.45) is 5.09. The molecule has 1 aromatic carbocycles. The summed E-state index contributed by atoms with van der Waals surface area (Å²) in [6.45, 7) is 8.08. The number of oxime groups is 1. The molecule has 0 bridgehead atoms. The van der Waals surface area contributed by atoms with Crippen molar-refractivity contribution >= 4 is 5.84 Å². The van der Waals surface area contributed by atoms with Crippen molar-refractivity contribution in [1.82, 2.24) is 14.8 Å². The molecule has 1 aliphatic heterocycles. The summed E-state index contributed by atoms with van der Waals surface area (Å²) < 4.78 is 7.71. The van der Waals surface area contributed by atoms with Crippen LogP contribution in [-0.4, -0.2) is 32.3 Å². The smallest absolute Gasteiger partial charge is 0.201 e. The van der Waals surface area contributed by atoms with Gasteiger partial charge in [0.2, 0.25) is 5.84 Å². The summed E-state index contributed by atoms with van der Waals surface area (Å²) in [5.74, 6) is 1.49. The lowest BCUT2D eigenvalue weighted by molar-refractivity contribution is 0.0841. The first-order chi connectivity index (χ1) is 10.9. The number of nitrogens with zero attached hydrogens (tertiary/aromatic N) is 4. The molecule has 0 fully saturated rings. The second-order valence-corrected chi connectivity index (χ2v) is 6.59. The SMILES string of the molecule is CC(C)O/N=C(\c1ccc2c(c1)OC(C)(C)CC2)n1cncn1. The molecule has 3 rings (SSSR count). The molecule has 0 atom stereocenters. The largest absolute Gasteiger partial charge is 0.488 e. The second kappa shape index (κ2) is 6.02. The molecule has 2 heterocycles. The van der Waals surface area contributed by atoms with E-state index in [2.05, 4.69) is 35.2 Å². The molecule has 122 valence electrons. The number of ether oxygens (including phenoxy) is 1. The number of fused-ring (bicyclic) bond motifs is 1. The van der Waals surface area contributed by atoms with Gasteiger partial charge in [-0.25, -0.2) is 4.98 Å². The number of rotatable bonds is 3. The van der Waals surface area contributed by atoms with E-state index in [4.69, 9.17) is 9.57 Å². The van der Waals surface area contributed by atoms with Gasteiger partial charge in [0.25, 0.3) is 0 Å². The highest BCUT2D eigenvalue weighted by Gasteiger charge is 2.27. The summed E-state index contributed by atoms with van der Waals surface area (Å²) in [6, 6.07) is 6.10. The third kappa shape index (κ3) is 3.52. The van der Waals surface area contributed by atoms with Gasteiger partial charge in [0, 0.05) is 5.56 Å². The number of aryl methyl sites for hydroxylation is 1. The molecule has 2 aromatic rings. The summed E-state index contributed by atoms with van der Waals surface area (Å²) in [5, 5.41) is 8.41. The zero-order valence-corrected chi connectivity index (χ0v) is 14.0. The standard InChI is InChI=1S/C17H22N4O2/c1-12(2)23-20-16(21-11-18-10-19-21)14-6-5-13-7-8-17(3,4)22-15(13)9-14/h5-6,9-12H,7-8H2,1-4H3/b20-16+. The van der Waals surface area contributed by atoms with Gasteiger partial charge in [0.15, 0.2) is 0 Å². The van der Waals surface area contributed by atoms with Crippen LogP contribution in [0.4, 0.5) is 0 Å². The zero-order chi connectivity index (χ0) is 16.4. The number of hydrogen-bond acceptors (Lipinski definition) is 5. The van der Waals surface area contributed by atoms with Gasteiger partial charge >= 0.3 is 0 Å². The first-order valence-corrected chi connectivity index (χ1v) is 7.86. The van der Waals surface area contributed by atoms with Crippen LogP contribution in [0.25, 0.3) is 0 Å². The Morgan fingerprint density at radius 3 is 2.91 bits per heavy atom. The van der Waals surface area contributed by atoms with Gasteiger partial charge in [-0.05, 0) is 52.2 Å². The first kappa shape index (κ1) is 15.5. The average Bonchev–Trinajstić information content (AvgIpc) is 3.00. The van der Waals surface area contributed by atoms with Gasteiger partial charge in [0.05, 0.1) is 0 Å². The topological polar surface area (TPSA) is 61.5 Å². The van der Waals surface area contributed by atoms with E-state index < -0.39 is 0 Å². The molecule has 0 aliphatic carbocycles. The molecule has 0 N–H and O–H groups in total. The number of hydrogen-bond donors (Lipinski definition) is 0. The summed E-state index contributed by atoms with van der Waals surface area (Å²) in [4.78, 5) is 9.42. The summed E-state index contributed by atoms with van der Waals surface area (Å²) in [5.41, 5.74) is 1.95. The Morgan fingerprint density at radius 1 is 1.39 bits per heavy atom. The van der Waals surface area contributed by atoms with Crippen LogP contribution >= 0.6 is 0 Å². The highest BCUT2D eigenvalue weighted by atomic mass is 16.6. The minimum atomic E-state index is -0.148. The van der Waals surface area contributed by atoms with E-state index in [9.17, 15) is 0 Å². The lowest BCUT2D eigenvalue weighted by Crippen LogP contribution is -2.32. The van der Waals surface area contributed by atoms with E-state index in [0.717, 1.165) is 24.2 Å². The van der Waals surface area contributed by atoms with Gasteiger partial charge in [0.1, 0.15) is 30.1 Å². The first-order valence-electron chi connectivity index (χ1n) is 7.86. The molecule has 0 saturated heterocycles. The van der Waals surface area contributed by atoms with Gasteiger partial charge in [-0.1, -0.05) is 17.3 Å². The zero-order valence-electron chi connectivity index (χ0n) is 14.0. The minimum Gasteiger partial charge on any atom is -0.488 e. The fourth-order valence-electron chi connectivity index (χ4n) is 2.48. The Balaban J connectivity index is 1.99. The lowest BCUT2D eigenvalue weighted by atomic mass is 9.93. The van der Waals surface area contributed by atoms with Gasteiger partial charge in [-0.15, -0.1) is 0 Å². The normalized spacial score (nSPS) is 16.8. The van der Waals surface area contributed by atoms with E-state index in [1.165, 1.54) is 11.9 Å². The van der Waals surface area contributed by atoms with E-state index in [-0.39, 0.29) is 11.7 Å². The summed E-state index contributed by atoms with van der Waals surface area (Å²) in [7, 11) is 0. The monoisotopic (exact) mass is 314 g/mol. The Morgan fingerprint density at radius 2 is 2.22 bits per heavy atom. The third-order valence-electron chi connectivity index (χ3n) is 3.69. The van der Waals surface area contributed by atoms with Crippen LogP contribution in [0.3, 0.4) is 0 Å². The molecular weight excluding hydrogens is 292 g/mol. The molecule has 0 saturated carbocycles. The lowest BCUT2D eigenvalue weighted by Gasteiger charge is -2.32. The van der Waals surface area contributed by atoms with Crippen LogP contribution in [0.2, 0.25) is 0 Å². The molecule has 1 aromatic heterocycles. The molecule has 6 heteroatoms. The fourth-order valence-corrected chi connectivity index (χ4v) is 2.48. The van der Waals surface area contributed by atoms with Crippen molar-refractivity contribution < 1.29 is 9.57 Å². The average molecular weight is 314 g/mol. The van der Waals surface area contributed by atoms with Crippen LogP contribution < -0.4 is 4.74 Å². The molecular formula is C17H22N4O2. The molecule has 1 aliphatic rings. The van der Waals surface area contributed by atoms with E-state index in [1.54, 1.807) is 11.0 Å². The maximum atomic E-state index is 6.11. The van der Waals surface area contributed by atoms with E-state index in [1.807, 2.05) is 26.0 Å². The predicted octanol–water partition coefficient (Wildman–Crippen LogP) is 3.02. The van der Waals surface area contributed by atoms with Crippen molar-refractivity contribution in [1.29, 1.82) is 0 Å². The number of benzene rings is 1. The van der Waals surface area contributed by atoms with Gasteiger partial charge in [-0.3, -0.25) is 0 Å². The highest BCUT2D eigenvalue weighted by molar-refractivity contribution is 5.99. The van der Waals surface area contributed by atoms with Crippen molar-refractivity contribution in [3.63, 3.8) is 0 Å². The maximum Gasteiger partial charge on any atom is 0.201 e. The molecule has 0 amide bonds. The molecule has 6 nitrogen and oxygen atoms in total. The van der Waals surface area contributed by atoms with Crippen molar-refractivity contribution in [2.45, 2.75) is 52.2 Å². The quantitative estimate of drug-likeness (QED) is 0.496. The summed E-state index contributed by atoms with van der Waals surface area (Å²) >= 11 is 0. The van der Waals surface area contributed by atoms with Crippen LogP contribution in [-0.2, 0) is 11.3 Å². The van der Waals surface area contributed by atoms with Crippen molar-refractivity contribution in [2.75, 3.05) is 0 Å². The Bertz CT molecular complexity index is 705. The third-order valence-corrected chi connectivity index (χ3v) is 3.69. The van der Waals surface area contributed by atoms with Gasteiger partial charge in [-0.2, -0.15) is 9.78 Å². The highest BCUT2D eigenvalue weighted by Crippen LogP contribution is 2.33. The fraction of sp³-hybridized carbons (Fsp3) is 0.471. The van der Waals surface area contributed by atoms with Gasteiger partial charge < -0.3 is 9.57 Å². The number of aromatic nitrogens is 3.